The van der Waals surface area contributed by atoms with Gasteiger partial charge < -0.3 is 14.4 Å². The standard InChI is InChI=1S/C28H45N3O5S/c1-21(2)30-17-19-31(20-18-30)27(32)22-5-7-23(8-6-22)28(15-13-25(36-4)14-16-28)29-37(33,34)26-11-9-24(35-3)10-12-26/h9-12,21-23,25,29H,5-8,13-20H2,1-4H3. The molecular formula is C28H45N3O5S. The molecule has 1 aliphatic heterocycles. The van der Waals surface area contributed by atoms with E-state index in [-0.39, 0.29) is 28.7 Å². The van der Waals surface area contributed by atoms with Gasteiger partial charge in [-0.2, -0.15) is 0 Å². The van der Waals surface area contributed by atoms with Crippen molar-refractivity contribution in [2.75, 3.05) is 40.4 Å². The summed E-state index contributed by atoms with van der Waals surface area (Å²) in [6.45, 7) is 7.91. The lowest BCUT2D eigenvalue weighted by molar-refractivity contribution is -0.139. The van der Waals surface area contributed by atoms with Crippen LogP contribution in [-0.4, -0.2) is 82.2 Å². The lowest BCUT2D eigenvalue weighted by atomic mass is 9.66. The van der Waals surface area contributed by atoms with Gasteiger partial charge in [0, 0.05) is 50.8 Å². The third kappa shape index (κ3) is 6.49. The number of nitrogens with one attached hydrogen (secondary N) is 1. The lowest BCUT2D eigenvalue weighted by Gasteiger charge is -2.48. The van der Waals surface area contributed by atoms with Crippen molar-refractivity contribution in [3.63, 3.8) is 0 Å². The van der Waals surface area contributed by atoms with Crippen LogP contribution in [0.25, 0.3) is 0 Å². The predicted molar refractivity (Wildman–Crippen MR) is 144 cm³/mol. The molecule has 0 aromatic heterocycles. The highest BCUT2D eigenvalue weighted by Gasteiger charge is 2.46. The summed E-state index contributed by atoms with van der Waals surface area (Å²) in [7, 11) is -0.402. The second-order valence-electron chi connectivity index (χ2n) is 11.4. The molecule has 1 heterocycles. The number of hydrogen-bond acceptors (Lipinski definition) is 6. The third-order valence-electron chi connectivity index (χ3n) is 9.08. The second kappa shape index (κ2) is 12.0. The molecule has 9 heteroatoms. The maximum atomic E-state index is 13.5. The van der Waals surface area contributed by atoms with E-state index in [0.717, 1.165) is 77.5 Å². The highest BCUT2D eigenvalue weighted by atomic mass is 32.2. The summed E-state index contributed by atoms with van der Waals surface area (Å²) in [5, 5.41) is 0. The van der Waals surface area contributed by atoms with Crippen LogP contribution in [0.2, 0.25) is 0 Å². The number of hydrogen-bond donors (Lipinski definition) is 1. The molecule has 3 aliphatic rings. The normalized spacial score (nSPS) is 29.9. The van der Waals surface area contributed by atoms with Gasteiger partial charge in [-0.3, -0.25) is 9.69 Å². The molecule has 1 aromatic rings. The van der Waals surface area contributed by atoms with Crippen LogP contribution in [0.3, 0.4) is 0 Å². The van der Waals surface area contributed by atoms with Crippen molar-refractivity contribution < 1.29 is 22.7 Å². The zero-order valence-electron chi connectivity index (χ0n) is 22.9. The molecule has 1 amide bonds. The van der Waals surface area contributed by atoms with Gasteiger partial charge in [-0.15, -0.1) is 0 Å². The molecular weight excluding hydrogens is 490 g/mol. The van der Waals surface area contributed by atoms with Gasteiger partial charge in [0.2, 0.25) is 15.9 Å². The van der Waals surface area contributed by atoms with Crippen LogP contribution in [0.5, 0.6) is 5.75 Å². The zero-order valence-corrected chi connectivity index (χ0v) is 23.8. The van der Waals surface area contributed by atoms with E-state index in [4.69, 9.17) is 9.47 Å². The van der Waals surface area contributed by atoms with Gasteiger partial charge in [0.15, 0.2) is 0 Å². The summed E-state index contributed by atoms with van der Waals surface area (Å²) in [5.41, 5.74) is -0.509. The quantitative estimate of drug-likeness (QED) is 0.547. The number of carbonyl (C=O) groups excluding carboxylic acids is 1. The van der Waals surface area contributed by atoms with E-state index < -0.39 is 15.6 Å². The number of amides is 1. The SMILES string of the molecule is COc1ccc(S(=O)(=O)NC2(C3CCC(C(=O)N4CCN(C(C)C)CC4)CC3)CCC(OC)CC2)cc1. The van der Waals surface area contributed by atoms with Crippen molar-refractivity contribution in [3.8, 4) is 5.75 Å². The Morgan fingerprint density at radius 1 is 0.946 bits per heavy atom. The van der Waals surface area contributed by atoms with Crippen LogP contribution in [0.4, 0.5) is 0 Å². The van der Waals surface area contributed by atoms with Gasteiger partial charge in [-0.25, -0.2) is 13.1 Å². The summed E-state index contributed by atoms with van der Waals surface area (Å²) in [5.74, 6) is 1.17. The first-order valence-electron chi connectivity index (χ1n) is 13.9. The predicted octanol–water partition coefficient (Wildman–Crippen LogP) is 3.66. The number of sulfonamides is 1. The number of rotatable bonds is 8. The molecule has 0 spiro atoms. The van der Waals surface area contributed by atoms with Crippen molar-refractivity contribution in [1.29, 1.82) is 0 Å². The maximum absolute atomic E-state index is 13.5. The fourth-order valence-corrected chi connectivity index (χ4v) is 8.15. The van der Waals surface area contributed by atoms with E-state index in [2.05, 4.69) is 28.4 Å². The molecule has 1 aromatic carbocycles. The molecule has 4 rings (SSSR count). The van der Waals surface area contributed by atoms with Gasteiger partial charge in [-0.1, -0.05) is 0 Å². The first-order chi connectivity index (χ1) is 17.7. The number of carbonyl (C=O) groups is 1. The molecule has 208 valence electrons. The van der Waals surface area contributed by atoms with Gasteiger partial charge in [0.1, 0.15) is 5.75 Å². The van der Waals surface area contributed by atoms with Crippen molar-refractivity contribution in [3.05, 3.63) is 24.3 Å². The molecule has 1 N–H and O–H groups in total. The van der Waals surface area contributed by atoms with Crippen LogP contribution in [0.15, 0.2) is 29.2 Å². The zero-order chi connectivity index (χ0) is 26.6. The number of benzene rings is 1. The summed E-state index contributed by atoms with van der Waals surface area (Å²) in [4.78, 5) is 18.0. The van der Waals surface area contributed by atoms with E-state index in [0.29, 0.717) is 11.8 Å². The van der Waals surface area contributed by atoms with Gasteiger partial charge >= 0.3 is 0 Å². The minimum atomic E-state index is -3.70. The molecule has 2 saturated carbocycles. The minimum Gasteiger partial charge on any atom is -0.497 e. The first kappa shape index (κ1) is 28.3. The Labute approximate surface area is 223 Å². The highest BCUT2D eigenvalue weighted by molar-refractivity contribution is 7.89. The Hall–Kier alpha value is -1.68. The Morgan fingerprint density at radius 3 is 2.05 bits per heavy atom. The molecule has 8 nitrogen and oxygen atoms in total. The lowest BCUT2D eigenvalue weighted by Crippen LogP contribution is -2.57. The smallest absolute Gasteiger partial charge is 0.241 e. The Balaban J connectivity index is 1.43. The van der Waals surface area contributed by atoms with Crippen molar-refractivity contribution in [2.45, 2.75) is 87.8 Å². The number of methoxy groups -OCH3 is 2. The maximum Gasteiger partial charge on any atom is 0.241 e. The van der Waals surface area contributed by atoms with E-state index in [1.165, 1.54) is 0 Å². The van der Waals surface area contributed by atoms with Gasteiger partial charge in [0.05, 0.1) is 18.1 Å². The van der Waals surface area contributed by atoms with E-state index in [1.807, 2.05) is 0 Å². The average molecular weight is 536 g/mol. The molecule has 0 radical (unpaired) electrons. The Morgan fingerprint density at radius 2 is 1.54 bits per heavy atom. The monoisotopic (exact) mass is 535 g/mol. The van der Waals surface area contributed by atoms with Crippen LogP contribution in [0.1, 0.15) is 65.2 Å². The summed E-state index contributed by atoms with van der Waals surface area (Å²) < 4.78 is 41.0. The van der Waals surface area contributed by atoms with E-state index in [1.54, 1.807) is 38.5 Å². The number of ether oxygens (including phenoxy) is 2. The fraction of sp³-hybridized carbons (Fsp3) is 0.750. The van der Waals surface area contributed by atoms with Crippen LogP contribution in [0, 0.1) is 11.8 Å². The van der Waals surface area contributed by atoms with Gasteiger partial charge in [0.25, 0.3) is 0 Å². The number of nitrogens with zero attached hydrogens (tertiary/aromatic N) is 2. The largest absolute Gasteiger partial charge is 0.497 e. The number of piperazine rings is 1. The Bertz CT molecular complexity index is 989. The molecule has 37 heavy (non-hydrogen) atoms. The Kier molecular flexibility index (Phi) is 9.20. The van der Waals surface area contributed by atoms with Crippen LogP contribution >= 0.6 is 0 Å². The topological polar surface area (TPSA) is 88.2 Å². The molecule has 1 saturated heterocycles. The van der Waals surface area contributed by atoms with E-state index in [9.17, 15) is 13.2 Å². The van der Waals surface area contributed by atoms with Crippen molar-refractivity contribution in [2.24, 2.45) is 11.8 Å². The molecule has 2 aliphatic carbocycles. The molecule has 0 unspecified atom stereocenters. The van der Waals surface area contributed by atoms with E-state index >= 15 is 0 Å². The second-order valence-corrected chi connectivity index (χ2v) is 13.1. The van der Waals surface area contributed by atoms with Crippen molar-refractivity contribution >= 4 is 15.9 Å². The first-order valence-corrected chi connectivity index (χ1v) is 15.4. The third-order valence-corrected chi connectivity index (χ3v) is 10.6. The van der Waals surface area contributed by atoms with Gasteiger partial charge in [-0.05, 0) is 95.4 Å². The fourth-order valence-electron chi connectivity index (χ4n) is 6.63. The van der Waals surface area contributed by atoms with Crippen LogP contribution < -0.4 is 9.46 Å². The molecule has 3 fully saturated rings. The summed E-state index contributed by atoms with van der Waals surface area (Å²) >= 11 is 0. The minimum absolute atomic E-state index is 0.0485. The summed E-state index contributed by atoms with van der Waals surface area (Å²) in [6.07, 6.45) is 6.72. The summed E-state index contributed by atoms with van der Waals surface area (Å²) in [6, 6.07) is 7.08. The average Bonchev–Trinajstić information content (AvgIpc) is 2.93. The van der Waals surface area contributed by atoms with Crippen LogP contribution in [-0.2, 0) is 19.6 Å². The molecule has 0 atom stereocenters. The molecule has 0 bridgehead atoms. The van der Waals surface area contributed by atoms with Crippen molar-refractivity contribution in [1.82, 2.24) is 14.5 Å². The highest BCUT2D eigenvalue weighted by Crippen LogP contribution is 2.44.